The van der Waals surface area contributed by atoms with Crippen molar-refractivity contribution in [2.24, 2.45) is 0 Å². The quantitative estimate of drug-likeness (QED) is 0.236. The van der Waals surface area contributed by atoms with Crippen LogP contribution in [0.15, 0.2) is 59.9 Å². The van der Waals surface area contributed by atoms with Gasteiger partial charge in [-0.05, 0) is 93.3 Å². The topological polar surface area (TPSA) is 132 Å². The SMILES string of the molecule is [C-]#[N+]C1=C(c2ccc(C)c(C)c2)/C(=C(/C#N)[N+]#[C-])c2cc3c(cc21)C(C#N)=C(c1ccc(C#N)c(C#N)c1)/C3=C(\C#N)[N+]#[C-]. The molecular formula is C36H14N8. The van der Waals surface area contributed by atoms with Gasteiger partial charge in [-0.1, -0.05) is 30.3 Å². The summed E-state index contributed by atoms with van der Waals surface area (Å²) in [4.78, 5) is 10.7. The van der Waals surface area contributed by atoms with E-state index < -0.39 is 0 Å². The number of nitriles is 5. The fourth-order valence-electron chi connectivity index (χ4n) is 5.55. The highest BCUT2D eigenvalue weighted by Crippen LogP contribution is 2.55. The number of allylic oxidation sites excluding steroid dienone is 7. The van der Waals surface area contributed by atoms with Crippen molar-refractivity contribution in [1.82, 2.24) is 0 Å². The molecule has 2 aliphatic carbocycles. The molecule has 0 aromatic heterocycles. The van der Waals surface area contributed by atoms with E-state index in [2.05, 4.69) is 20.6 Å². The first-order valence-corrected chi connectivity index (χ1v) is 12.8. The molecule has 0 atom stereocenters. The van der Waals surface area contributed by atoms with Crippen LogP contribution in [0.3, 0.4) is 0 Å². The lowest BCUT2D eigenvalue weighted by molar-refractivity contribution is 1.33. The van der Waals surface area contributed by atoms with Crippen molar-refractivity contribution in [3.8, 4) is 30.3 Å². The zero-order chi connectivity index (χ0) is 31.7. The van der Waals surface area contributed by atoms with Gasteiger partial charge in [0.1, 0.15) is 18.2 Å². The van der Waals surface area contributed by atoms with Gasteiger partial charge < -0.3 is 0 Å². The Balaban J connectivity index is 1.94. The van der Waals surface area contributed by atoms with E-state index >= 15 is 0 Å². The van der Waals surface area contributed by atoms with Gasteiger partial charge in [0.25, 0.3) is 11.4 Å². The van der Waals surface area contributed by atoms with E-state index in [0.29, 0.717) is 39.0 Å². The highest BCUT2D eigenvalue weighted by molar-refractivity contribution is 6.29. The molecule has 8 nitrogen and oxygen atoms in total. The third kappa shape index (κ3) is 4.00. The highest BCUT2D eigenvalue weighted by atomic mass is 14.7. The fraction of sp³-hybridized carbons (Fsp3) is 0.0556. The van der Waals surface area contributed by atoms with Crippen LogP contribution < -0.4 is 0 Å². The van der Waals surface area contributed by atoms with Gasteiger partial charge in [0.15, 0.2) is 0 Å². The summed E-state index contributed by atoms with van der Waals surface area (Å²) in [6.45, 7) is 27.5. The minimum Gasteiger partial charge on any atom is -0.237 e. The van der Waals surface area contributed by atoms with Crippen LogP contribution in [0.4, 0.5) is 0 Å². The predicted octanol–water partition coefficient (Wildman–Crippen LogP) is 7.60. The van der Waals surface area contributed by atoms with Crippen LogP contribution in [0.25, 0.3) is 48.1 Å². The van der Waals surface area contributed by atoms with Crippen LogP contribution in [0, 0.1) is 90.2 Å². The van der Waals surface area contributed by atoms with Crippen LogP contribution in [0.2, 0.25) is 0 Å². The molecule has 8 heteroatoms. The Morgan fingerprint density at radius 3 is 1.70 bits per heavy atom. The molecule has 3 aromatic rings. The molecule has 0 bridgehead atoms. The monoisotopic (exact) mass is 558 g/mol. The fourth-order valence-corrected chi connectivity index (χ4v) is 5.55. The highest BCUT2D eigenvalue weighted by Gasteiger charge is 2.37. The Morgan fingerprint density at radius 1 is 0.591 bits per heavy atom. The summed E-state index contributed by atoms with van der Waals surface area (Å²) in [7, 11) is 0. The smallest absolute Gasteiger partial charge is 0.237 e. The third-order valence-electron chi connectivity index (χ3n) is 7.68. The van der Waals surface area contributed by atoms with Crippen LogP contribution in [0.1, 0.15) is 55.6 Å². The average Bonchev–Trinajstić information content (AvgIpc) is 3.54. The maximum absolute atomic E-state index is 10.4. The molecular weight excluding hydrogens is 544 g/mol. The van der Waals surface area contributed by atoms with Gasteiger partial charge in [0, 0.05) is 5.57 Å². The standard InChI is InChI=1S/C36H14N8/c1-19-6-7-21(10-20(19)2)33-35(31(18-41)43-4)27-13-26-25(12-28(27)36(33)44-5)29(16-39)32(34(26)30(17-40)42-3)22-8-9-23(14-37)24(11-22)15-38/h6-13H,1-2H3/b34-30+,35-31-. The Bertz CT molecular complexity index is 2340. The van der Waals surface area contributed by atoms with Crippen molar-refractivity contribution >= 4 is 33.6 Å². The molecule has 3 aromatic carbocycles. The Labute approximate surface area is 253 Å². The van der Waals surface area contributed by atoms with Gasteiger partial charge in [-0.25, -0.2) is 25.1 Å². The van der Waals surface area contributed by atoms with Crippen molar-refractivity contribution in [3.63, 3.8) is 0 Å². The van der Waals surface area contributed by atoms with Crippen molar-refractivity contribution in [3.05, 3.63) is 150 Å². The second kappa shape index (κ2) is 10.8. The van der Waals surface area contributed by atoms with Crippen LogP contribution >= 0.6 is 0 Å². The molecule has 0 aliphatic heterocycles. The first kappa shape index (κ1) is 28.1. The normalized spacial score (nSPS) is 14.8. The Morgan fingerprint density at radius 2 is 1.16 bits per heavy atom. The summed E-state index contributed by atoms with van der Waals surface area (Å²) < 4.78 is 0. The van der Waals surface area contributed by atoms with E-state index in [-0.39, 0.29) is 50.5 Å². The number of rotatable bonds is 2. The summed E-state index contributed by atoms with van der Waals surface area (Å²) in [5.41, 5.74) is 5.51. The Kier molecular flexibility index (Phi) is 6.92. The maximum Gasteiger partial charge on any atom is 0.270 e. The number of aryl methyl sites for hydroxylation is 2. The van der Waals surface area contributed by atoms with E-state index in [4.69, 9.17) is 19.7 Å². The van der Waals surface area contributed by atoms with Crippen molar-refractivity contribution < 1.29 is 0 Å². The third-order valence-corrected chi connectivity index (χ3v) is 7.68. The molecule has 0 saturated carbocycles. The number of hydrogen-bond acceptors (Lipinski definition) is 5. The summed E-state index contributed by atoms with van der Waals surface area (Å²) in [5, 5.41) is 49.5. The predicted molar refractivity (Wildman–Crippen MR) is 162 cm³/mol. The van der Waals surface area contributed by atoms with E-state index in [9.17, 15) is 26.3 Å². The van der Waals surface area contributed by atoms with Gasteiger partial charge in [0.2, 0.25) is 5.70 Å². The van der Waals surface area contributed by atoms with E-state index in [1.165, 1.54) is 12.1 Å². The molecule has 0 radical (unpaired) electrons. The van der Waals surface area contributed by atoms with Crippen molar-refractivity contribution in [2.45, 2.75) is 13.8 Å². The minimum atomic E-state index is -0.309. The van der Waals surface area contributed by atoms with E-state index in [1.807, 2.05) is 56.3 Å². The molecule has 0 amide bonds. The van der Waals surface area contributed by atoms with Gasteiger partial charge >= 0.3 is 0 Å². The van der Waals surface area contributed by atoms with E-state index in [0.717, 1.165) is 11.1 Å². The van der Waals surface area contributed by atoms with Crippen LogP contribution in [-0.4, -0.2) is 0 Å². The average molecular weight is 559 g/mol. The second-order valence-corrected chi connectivity index (χ2v) is 9.82. The lowest BCUT2D eigenvalue weighted by Crippen LogP contribution is -1.95. The number of nitrogens with zero attached hydrogens (tertiary/aromatic N) is 8. The first-order valence-electron chi connectivity index (χ1n) is 12.8. The molecule has 198 valence electrons. The molecule has 0 fully saturated rings. The molecule has 2 aliphatic rings. The summed E-state index contributed by atoms with van der Waals surface area (Å²) >= 11 is 0. The van der Waals surface area contributed by atoms with Gasteiger partial charge in [0.05, 0.1) is 48.6 Å². The largest absolute Gasteiger partial charge is 0.270 e. The lowest BCUT2D eigenvalue weighted by Gasteiger charge is -2.13. The van der Waals surface area contributed by atoms with Crippen molar-refractivity contribution in [1.29, 1.82) is 26.3 Å². The second-order valence-electron chi connectivity index (χ2n) is 9.82. The molecule has 0 unspecified atom stereocenters. The van der Waals surface area contributed by atoms with Gasteiger partial charge in [-0.2, -0.15) is 15.8 Å². The van der Waals surface area contributed by atoms with Gasteiger partial charge in [-0.15, -0.1) is 0 Å². The molecule has 0 N–H and O–H groups in total. The zero-order valence-corrected chi connectivity index (χ0v) is 23.2. The lowest BCUT2D eigenvalue weighted by atomic mass is 9.90. The van der Waals surface area contributed by atoms with Crippen LogP contribution in [-0.2, 0) is 0 Å². The minimum absolute atomic E-state index is 0.0612. The summed E-state index contributed by atoms with van der Waals surface area (Å²) in [6.07, 6.45) is 0. The number of hydrogen-bond donors (Lipinski definition) is 0. The molecule has 0 heterocycles. The van der Waals surface area contributed by atoms with Crippen LogP contribution in [0.5, 0.6) is 0 Å². The number of benzene rings is 3. The summed E-state index contributed by atoms with van der Waals surface area (Å²) in [5.74, 6) is 0. The molecule has 5 rings (SSSR count). The van der Waals surface area contributed by atoms with Crippen molar-refractivity contribution in [2.75, 3.05) is 0 Å². The van der Waals surface area contributed by atoms with Gasteiger partial charge in [-0.3, -0.25) is 0 Å². The summed E-state index contributed by atoms with van der Waals surface area (Å²) in [6, 6.07) is 23.3. The molecule has 44 heavy (non-hydrogen) atoms. The Hall–Kier alpha value is -7.46. The maximum atomic E-state index is 10.4. The van der Waals surface area contributed by atoms with E-state index in [1.54, 1.807) is 18.2 Å². The first-order chi connectivity index (χ1) is 21.3. The number of fused-ring (bicyclic) bond motifs is 2. The molecule has 0 spiro atoms. The zero-order valence-electron chi connectivity index (χ0n) is 23.2. The molecule has 0 saturated heterocycles.